The van der Waals surface area contributed by atoms with Crippen LogP contribution in [0.15, 0.2) is 48.9 Å². The maximum Gasteiger partial charge on any atom is 0.419 e. The van der Waals surface area contributed by atoms with Crippen LogP contribution in [0.3, 0.4) is 0 Å². The Balaban J connectivity index is 1.35. The molecule has 0 bridgehead atoms. The maximum absolute atomic E-state index is 13.5. The normalized spacial score (nSPS) is 14.8. The average molecular weight is 531 g/mol. The molecule has 0 aliphatic heterocycles. The molecule has 1 aliphatic rings. The molecule has 1 aromatic carbocycles. The monoisotopic (exact) mass is 531 g/mol. The van der Waals surface area contributed by atoms with Crippen molar-refractivity contribution in [3.05, 3.63) is 71.3 Å². The number of hydrogen-bond acceptors (Lipinski definition) is 8. The van der Waals surface area contributed by atoms with Gasteiger partial charge in [0, 0.05) is 12.4 Å². The first-order valence-corrected chi connectivity index (χ1v) is 11.5. The summed E-state index contributed by atoms with van der Waals surface area (Å²) in [4.78, 5) is 37.1. The van der Waals surface area contributed by atoms with Gasteiger partial charge in [0.25, 0.3) is 5.91 Å². The van der Waals surface area contributed by atoms with Gasteiger partial charge in [-0.15, -0.1) is 0 Å². The molecule has 1 atom stereocenters. The number of nitrogens with one attached hydrogen (secondary N) is 2. The average Bonchev–Trinajstić information content (AvgIpc) is 3.68. The van der Waals surface area contributed by atoms with Crippen LogP contribution in [0.5, 0.6) is 17.5 Å². The molecule has 0 saturated heterocycles. The lowest BCUT2D eigenvalue weighted by atomic mass is 10.1. The zero-order chi connectivity index (χ0) is 27.5. The molecule has 200 valence electrons. The number of carbonyl (C=O) groups is 2. The molecule has 3 N–H and O–H groups in total. The van der Waals surface area contributed by atoms with Crippen molar-refractivity contribution in [1.82, 2.24) is 25.6 Å². The van der Waals surface area contributed by atoms with Crippen molar-refractivity contribution in [3.63, 3.8) is 0 Å². The summed E-state index contributed by atoms with van der Waals surface area (Å²) in [6, 6.07) is 6.36. The van der Waals surface area contributed by atoms with Crippen LogP contribution in [-0.4, -0.2) is 44.5 Å². The van der Waals surface area contributed by atoms with Crippen molar-refractivity contribution in [2.45, 2.75) is 44.1 Å². The number of amides is 2. The summed E-state index contributed by atoms with van der Waals surface area (Å²) in [6.07, 6.45) is -1.02. The predicted molar refractivity (Wildman–Crippen MR) is 126 cm³/mol. The number of benzene rings is 1. The summed E-state index contributed by atoms with van der Waals surface area (Å²) in [5.41, 5.74) is -1.36. The molecule has 1 aliphatic carbocycles. The van der Waals surface area contributed by atoms with Gasteiger partial charge in [0.15, 0.2) is 0 Å². The van der Waals surface area contributed by atoms with E-state index in [0.717, 1.165) is 12.1 Å². The molecular weight excluding hydrogens is 507 g/mol. The highest BCUT2D eigenvalue weighted by Gasteiger charge is 2.51. The topological polar surface area (TPSA) is 136 Å². The van der Waals surface area contributed by atoms with Gasteiger partial charge >= 0.3 is 12.2 Å². The van der Waals surface area contributed by atoms with Crippen molar-refractivity contribution >= 4 is 11.8 Å². The minimum absolute atomic E-state index is 0.0271. The third-order valence-corrected chi connectivity index (χ3v) is 5.86. The van der Waals surface area contributed by atoms with E-state index in [0.29, 0.717) is 18.5 Å². The van der Waals surface area contributed by atoms with E-state index < -0.39 is 40.9 Å². The number of rotatable bonds is 9. The largest absolute Gasteiger partial charge is 0.467 e. The number of methoxy groups -OCH3 is 1. The molecule has 2 aromatic heterocycles. The fourth-order valence-electron chi connectivity index (χ4n) is 3.52. The van der Waals surface area contributed by atoms with Gasteiger partial charge in [-0.2, -0.15) is 13.2 Å². The van der Waals surface area contributed by atoms with Gasteiger partial charge in [0.2, 0.25) is 5.91 Å². The van der Waals surface area contributed by atoms with E-state index in [4.69, 9.17) is 9.47 Å². The van der Waals surface area contributed by atoms with Crippen molar-refractivity contribution < 1.29 is 37.3 Å². The molecule has 0 radical (unpaired) electrons. The number of halogens is 3. The molecule has 2 heterocycles. The molecule has 0 spiro atoms. The zero-order valence-corrected chi connectivity index (χ0v) is 20.4. The molecule has 4 rings (SSSR count). The maximum atomic E-state index is 13.5. The van der Waals surface area contributed by atoms with E-state index in [1.54, 1.807) is 0 Å². The molecule has 13 heteroatoms. The number of carbonyl (C=O) groups excluding carboxylic acids is 2. The van der Waals surface area contributed by atoms with Crippen molar-refractivity contribution in [3.8, 4) is 17.5 Å². The zero-order valence-electron chi connectivity index (χ0n) is 20.4. The van der Waals surface area contributed by atoms with Crippen LogP contribution in [0.2, 0.25) is 0 Å². The summed E-state index contributed by atoms with van der Waals surface area (Å²) >= 11 is 0. The van der Waals surface area contributed by atoms with Crippen LogP contribution in [-0.2, 0) is 17.5 Å². The second kappa shape index (κ2) is 10.6. The molecule has 3 aromatic rings. The van der Waals surface area contributed by atoms with Crippen LogP contribution in [0.4, 0.5) is 13.2 Å². The fourth-order valence-corrected chi connectivity index (χ4v) is 3.52. The second-order valence-corrected chi connectivity index (χ2v) is 8.69. The Kier molecular flexibility index (Phi) is 7.49. The van der Waals surface area contributed by atoms with Crippen LogP contribution in [0.1, 0.15) is 53.0 Å². The molecule has 38 heavy (non-hydrogen) atoms. The minimum Gasteiger partial charge on any atom is -0.467 e. The van der Waals surface area contributed by atoms with Gasteiger partial charge < -0.3 is 25.2 Å². The number of aliphatic hydroxyl groups excluding tert-OH is 1. The van der Waals surface area contributed by atoms with Gasteiger partial charge in [-0.25, -0.2) is 9.97 Å². The van der Waals surface area contributed by atoms with Crippen LogP contribution in [0, 0.1) is 0 Å². The minimum atomic E-state index is -4.69. The number of nitrogens with zero attached hydrogens (tertiary/aromatic N) is 3. The van der Waals surface area contributed by atoms with Gasteiger partial charge in [0.05, 0.1) is 42.8 Å². The Bertz CT molecular complexity index is 1310. The van der Waals surface area contributed by atoms with E-state index in [-0.39, 0.29) is 29.4 Å². The lowest BCUT2D eigenvalue weighted by Gasteiger charge is -2.17. The summed E-state index contributed by atoms with van der Waals surface area (Å²) in [7, 11) is 1.40. The quantitative estimate of drug-likeness (QED) is 0.383. The van der Waals surface area contributed by atoms with E-state index >= 15 is 0 Å². The van der Waals surface area contributed by atoms with Gasteiger partial charge in [-0.1, -0.05) is 6.07 Å². The first-order valence-electron chi connectivity index (χ1n) is 11.5. The molecule has 2 amide bonds. The Labute approximate surface area is 215 Å². The van der Waals surface area contributed by atoms with Crippen LogP contribution in [0.25, 0.3) is 0 Å². The highest BCUT2D eigenvalue weighted by molar-refractivity contribution is 6.00. The fraction of sp³-hybridized carbons (Fsp3) is 0.320. The highest BCUT2D eigenvalue weighted by Crippen LogP contribution is 2.39. The van der Waals surface area contributed by atoms with Crippen molar-refractivity contribution in [2.24, 2.45) is 0 Å². The SMILES string of the molecule is COc1ncc(C(=O)NC2(C(=O)NCc3ccc(Oc4ccc(C(C)O)cc4C(F)(F)F)cn3)CC2)cn1. The number of pyridine rings is 1. The highest BCUT2D eigenvalue weighted by atomic mass is 19.4. The number of alkyl halides is 3. The first-order chi connectivity index (χ1) is 18.0. The summed E-state index contributed by atoms with van der Waals surface area (Å²) in [5, 5.41) is 15.0. The third kappa shape index (κ3) is 6.17. The van der Waals surface area contributed by atoms with Gasteiger partial charge in [-0.05, 0) is 49.6 Å². The smallest absolute Gasteiger partial charge is 0.419 e. The number of hydrogen-bond donors (Lipinski definition) is 3. The van der Waals surface area contributed by atoms with Crippen LogP contribution < -0.4 is 20.1 Å². The summed E-state index contributed by atoms with van der Waals surface area (Å²) in [5.74, 6) is -1.27. The Morgan fingerprint density at radius 3 is 2.37 bits per heavy atom. The number of aromatic nitrogens is 3. The Morgan fingerprint density at radius 1 is 1.11 bits per heavy atom. The molecule has 1 unspecified atom stereocenters. The van der Waals surface area contributed by atoms with Gasteiger partial charge in [0.1, 0.15) is 17.0 Å². The Hall–Kier alpha value is -4.26. The molecule has 1 saturated carbocycles. The number of aliphatic hydroxyl groups is 1. The second-order valence-electron chi connectivity index (χ2n) is 8.69. The van der Waals surface area contributed by atoms with E-state index in [2.05, 4.69) is 25.6 Å². The van der Waals surface area contributed by atoms with Crippen molar-refractivity contribution in [1.29, 1.82) is 0 Å². The Morgan fingerprint density at radius 2 is 1.82 bits per heavy atom. The van der Waals surface area contributed by atoms with E-state index in [9.17, 15) is 27.9 Å². The summed E-state index contributed by atoms with van der Waals surface area (Å²) < 4.78 is 50.7. The standard InChI is InChI=1S/C25H24F3N5O5/c1-14(34)15-3-6-20(19(9-15)25(26,27)28)38-18-5-4-17(29-13-18)12-30-22(36)24(7-8-24)33-21(35)16-10-31-23(37-2)32-11-16/h3-6,9-11,13-14,34H,7-8,12H2,1-2H3,(H,30,36)(H,33,35). The first kappa shape index (κ1) is 26.8. The summed E-state index contributed by atoms with van der Waals surface area (Å²) in [6.45, 7) is 1.39. The van der Waals surface area contributed by atoms with Crippen LogP contribution >= 0.6 is 0 Å². The molecular formula is C25H24F3N5O5. The molecule has 1 fully saturated rings. The number of ether oxygens (including phenoxy) is 2. The third-order valence-electron chi connectivity index (χ3n) is 5.86. The van der Waals surface area contributed by atoms with Gasteiger partial charge in [-0.3, -0.25) is 14.6 Å². The van der Waals surface area contributed by atoms with E-state index in [1.165, 1.54) is 50.8 Å². The lowest BCUT2D eigenvalue weighted by molar-refractivity contribution is -0.138. The predicted octanol–water partition coefficient (Wildman–Crippen LogP) is 3.32. The lowest BCUT2D eigenvalue weighted by Crippen LogP contribution is -2.48. The van der Waals surface area contributed by atoms with Crippen molar-refractivity contribution in [2.75, 3.05) is 7.11 Å². The van der Waals surface area contributed by atoms with E-state index in [1.807, 2.05) is 0 Å². The molecule has 10 nitrogen and oxygen atoms in total.